The number of hydrogen-bond donors (Lipinski definition) is 1. The Hall–Kier alpha value is -1.16. The molecule has 0 saturated heterocycles. The molecule has 0 aliphatic rings. The maximum absolute atomic E-state index is 10.6. The van der Waals surface area contributed by atoms with Gasteiger partial charge in [0.2, 0.25) is 5.91 Å². The molecule has 0 saturated carbocycles. The van der Waals surface area contributed by atoms with Gasteiger partial charge >= 0.3 is 0 Å². The summed E-state index contributed by atoms with van der Waals surface area (Å²) in [5.41, 5.74) is 0.595. The zero-order valence-corrected chi connectivity index (χ0v) is 6.77. The van der Waals surface area contributed by atoms with Crippen LogP contribution in [0, 0.1) is 0 Å². The molecule has 0 spiro atoms. The third-order valence-corrected chi connectivity index (χ3v) is 1.96. The number of carbonyl (C=O) groups is 2. The molecule has 1 aromatic heterocycles. The molecule has 1 rings (SSSR count). The molecule has 1 amide bonds. The lowest BCUT2D eigenvalue weighted by Crippen LogP contribution is -2.05. The highest BCUT2D eigenvalue weighted by Crippen LogP contribution is 2.19. The van der Waals surface area contributed by atoms with Crippen molar-refractivity contribution in [2.24, 2.45) is 0 Å². The fourth-order valence-electron chi connectivity index (χ4n) is 0.705. The maximum Gasteiger partial charge on any atom is 0.221 e. The number of thiophene rings is 1. The maximum atomic E-state index is 10.6. The van der Waals surface area contributed by atoms with Crippen LogP contribution in [0.1, 0.15) is 16.6 Å². The van der Waals surface area contributed by atoms with Crippen molar-refractivity contribution in [3.05, 3.63) is 16.3 Å². The molecule has 1 heterocycles. The molecule has 3 nitrogen and oxygen atoms in total. The van der Waals surface area contributed by atoms with Gasteiger partial charge in [-0.1, -0.05) is 0 Å². The first kappa shape index (κ1) is 7.94. The topological polar surface area (TPSA) is 46.2 Å². The van der Waals surface area contributed by atoms with Gasteiger partial charge in [-0.3, -0.25) is 9.59 Å². The van der Waals surface area contributed by atoms with Crippen LogP contribution in [0.15, 0.2) is 11.4 Å². The Labute approximate surface area is 68.0 Å². The summed E-state index contributed by atoms with van der Waals surface area (Å²) in [6.07, 6.45) is 0.732. The summed E-state index contributed by atoms with van der Waals surface area (Å²) in [6.45, 7) is 1.41. The van der Waals surface area contributed by atoms with E-state index in [-0.39, 0.29) is 5.91 Å². The fourth-order valence-corrected chi connectivity index (χ4v) is 1.36. The molecule has 11 heavy (non-hydrogen) atoms. The summed E-state index contributed by atoms with van der Waals surface area (Å²) < 4.78 is 0. The van der Waals surface area contributed by atoms with Crippen molar-refractivity contribution in [2.75, 3.05) is 5.32 Å². The highest BCUT2D eigenvalue weighted by atomic mass is 32.1. The van der Waals surface area contributed by atoms with E-state index in [2.05, 4.69) is 5.32 Å². The standard InChI is InChI=1S/C7H7NO2S/c1-5(10)8-6-2-3-11-7(6)4-9/h2-4H,1H3,(H,8,10). The molecule has 0 unspecified atom stereocenters. The Morgan fingerprint density at radius 2 is 2.45 bits per heavy atom. The Morgan fingerprint density at radius 3 is 3.00 bits per heavy atom. The van der Waals surface area contributed by atoms with E-state index in [1.165, 1.54) is 18.3 Å². The second kappa shape index (κ2) is 3.30. The molecule has 58 valence electrons. The van der Waals surface area contributed by atoms with E-state index in [9.17, 15) is 9.59 Å². The molecule has 0 bridgehead atoms. The van der Waals surface area contributed by atoms with Gasteiger partial charge < -0.3 is 5.32 Å². The molecule has 1 aromatic rings. The van der Waals surface area contributed by atoms with Crippen molar-refractivity contribution in [1.82, 2.24) is 0 Å². The van der Waals surface area contributed by atoms with Crippen molar-refractivity contribution in [3.63, 3.8) is 0 Å². The van der Waals surface area contributed by atoms with Crippen molar-refractivity contribution in [2.45, 2.75) is 6.92 Å². The summed E-state index contributed by atoms with van der Waals surface area (Å²) in [5, 5.41) is 4.30. The fraction of sp³-hybridized carbons (Fsp3) is 0.143. The highest BCUT2D eigenvalue weighted by molar-refractivity contribution is 7.12. The molecular formula is C7H7NO2S. The molecule has 0 aliphatic carbocycles. The van der Waals surface area contributed by atoms with Crippen LogP contribution in [-0.4, -0.2) is 12.2 Å². The third-order valence-electron chi connectivity index (χ3n) is 1.11. The van der Waals surface area contributed by atoms with Crippen LogP contribution in [0.2, 0.25) is 0 Å². The van der Waals surface area contributed by atoms with E-state index in [0.717, 1.165) is 6.29 Å². The predicted octanol–water partition coefficient (Wildman–Crippen LogP) is 1.52. The number of aldehydes is 1. The first-order chi connectivity index (χ1) is 5.24. The lowest BCUT2D eigenvalue weighted by Gasteiger charge is -1.96. The molecule has 0 aliphatic heterocycles. The second-order valence-corrected chi connectivity index (χ2v) is 2.95. The Morgan fingerprint density at radius 1 is 1.73 bits per heavy atom. The van der Waals surface area contributed by atoms with Crippen molar-refractivity contribution in [3.8, 4) is 0 Å². The SMILES string of the molecule is CC(=O)Nc1ccsc1C=O. The van der Waals surface area contributed by atoms with E-state index in [4.69, 9.17) is 0 Å². The van der Waals surface area contributed by atoms with Gasteiger partial charge in [0.05, 0.1) is 10.6 Å². The number of anilines is 1. The van der Waals surface area contributed by atoms with Crippen LogP contribution in [-0.2, 0) is 4.79 Å². The highest BCUT2D eigenvalue weighted by Gasteiger charge is 2.02. The zero-order valence-electron chi connectivity index (χ0n) is 5.96. The number of carbonyl (C=O) groups excluding carboxylic acids is 2. The second-order valence-electron chi connectivity index (χ2n) is 2.00. The minimum atomic E-state index is -0.161. The van der Waals surface area contributed by atoms with E-state index in [1.54, 1.807) is 11.4 Å². The first-order valence-electron chi connectivity index (χ1n) is 3.04. The summed E-state index contributed by atoms with van der Waals surface area (Å²) in [4.78, 5) is 21.4. The molecule has 0 atom stereocenters. The summed E-state index contributed by atoms with van der Waals surface area (Å²) in [5.74, 6) is -0.161. The van der Waals surface area contributed by atoms with E-state index >= 15 is 0 Å². The summed E-state index contributed by atoms with van der Waals surface area (Å²) >= 11 is 1.31. The molecule has 1 N–H and O–H groups in total. The molecule has 0 fully saturated rings. The molecule has 4 heteroatoms. The average Bonchev–Trinajstić information content (AvgIpc) is 2.34. The minimum Gasteiger partial charge on any atom is -0.325 e. The van der Waals surface area contributed by atoms with Crippen LogP contribution >= 0.6 is 11.3 Å². The average molecular weight is 169 g/mol. The number of hydrogen-bond acceptors (Lipinski definition) is 3. The van der Waals surface area contributed by atoms with Gasteiger partial charge in [0.15, 0.2) is 6.29 Å². The van der Waals surface area contributed by atoms with Crippen LogP contribution in [0.3, 0.4) is 0 Å². The Kier molecular flexibility index (Phi) is 2.38. The zero-order chi connectivity index (χ0) is 8.27. The smallest absolute Gasteiger partial charge is 0.221 e. The van der Waals surface area contributed by atoms with Gasteiger partial charge in [-0.25, -0.2) is 0 Å². The van der Waals surface area contributed by atoms with Crippen molar-refractivity contribution >= 4 is 29.2 Å². The summed E-state index contributed by atoms with van der Waals surface area (Å²) in [6, 6.07) is 1.70. The van der Waals surface area contributed by atoms with Crippen LogP contribution in [0.25, 0.3) is 0 Å². The Balaban J connectivity index is 2.84. The number of rotatable bonds is 2. The van der Waals surface area contributed by atoms with E-state index < -0.39 is 0 Å². The lowest BCUT2D eigenvalue weighted by atomic mass is 10.4. The van der Waals surface area contributed by atoms with E-state index in [1.807, 2.05) is 0 Å². The van der Waals surface area contributed by atoms with E-state index in [0.29, 0.717) is 10.6 Å². The first-order valence-corrected chi connectivity index (χ1v) is 3.92. The van der Waals surface area contributed by atoms with Gasteiger partial charge in [-0.2, -0.15) is 0 Å². The van der Waals surface area contributed by atoms with Crippen LogP contribution in [0.5, 0.6) is 0 Å². The van der Waals surface area contributed by atoms with Crippen molar-refractivity contribution in [1.29, 1.82) is 0 Å². The van der Waals surface area contributed by atoms with Gasteiger partial charge in [0.1, 0.15) is 0 Å². The van der Waals surface area contributed by atoms with Gasteiger partial charge in [-0.15, -0.1) is 11.3 Å². The van der Waals surface area contributed by atoms with Crippen LogP contribution in [0.4, 0.5) is 5.69 Å². The Bertz CT molecular complexity index is 280. The molecular weight excluding hydrogens is 162 g/mol. The quantitative estimate of drug-likeness (QED) is 0.682. The van der Waals surface area contributed by atoms with Gasteiger partial charge in [0.25, 0.3) is 0 Å². The predicted molar refractivity (Wildman–Crippen MR) is 44.0 cm³/mol. The van der Waals surface area contributed by atoms with Gasteiger partial charge in [-0.05, 0) is 11.4 Å². The normalized spacial score (nSPS) is 9.18. The monoisotopic (exact) mass is 169 g/mol. The lowest BCUT2D eigenvalue weighted by molar-refractivity contribution is -0.114. The number of amides is 1. The largest absolute Gasteiger partial charge is 0.325 e. The van der Waals surface area contributed by atoms with Crippen LogP contribution < -0.4 is 5.32 Å². The van der Waals surface area contributed by atoms with Gasteiger partial charge in [0, 0.05) is 6.92 Å². The molecule has 0 radical (unpaired) electrons. The third kappa shape index (κ3) is 1.88. The molecule has 0 aromatic carbocycles. The minimum absolute atomic E-state index is 0.161. The number of nitrogens with one attached hydrogen (secondary N) is 1. The summed E-state index contributed by atoms with van der Waals surface area (Å²) in [7, 11) is 0. The van der Waals surface area contributed by atoms with Crippen molar-refractivity contribution < 1.29 is 9.59 Å².